The largest absolute Gasteiger partial charge is 0.504 e. The summed E-state index contributed by atoms with van der Waals surface area (Å²) in [7, 11) is -2.26. The molecule has 2 saturated heterocycles. The number of carbonyl (C=O) groups excluding carboxylic acids is 1. The van der Waals surface area contributed by atoms with Crippen LogP contribution < -0.4 is 11.1 Å². The van der Waals surface area contributed by atoms with Gasteiger partial charge in [0.15, 0.2) is 18.7 Å². The van der Waals surface area contributed by atoms with Gasteiger partial charge in [-0.2, -0.15) is 8.78 Å². The molecule has 3 aliphatic heterocycles. The Balaban J connectivity index is 1.90. The molecule has 9 nitrogen and oxygen atoms in total. The molecule has 0 saturated carbocycles. The van der Waals surface area contributed by atoms with Crippen molar-refractivity contribution in [3.8, 4) is 0 Å². The number of aliphatic hydroxyl groups excluding tert-OH is 1. The average Bonchev–Trinajstić information content (AvgIpc) is 2.85. The highest BCUT2D eigenvalue weighted by Gasteiger charge is 2.78. The number of carbonyl (C=O) groups is 1. The molecule has 3 heterocycles. The summed E-state index contributed by atoms with van der Waals surface area (Å²) in [6.07, 6.45) is -9.76. The Morgan fingerprint density at radius 1 is 1.54 bits per heavy atom. The number of aliphatic hydroxyl groups is 1. The quantitative estimate of drug-likeness (QED) is 0.591. The second-order valence-corrected chi connectivity index (χ2v) is 6.64. The second kappa shape index (κ2) is 5.61. The van der Waals surface area contributed by atoms with Crippen LogP contribution in [0.15, 0.2) is 12.0 Å². The number of nitrogens with one attached hydrogen (secondary N) is 1. The fourth-order valence-electron chi connectivity index (χ4n) is 2.75. The number of urea groups is 1. The molecule has 0 aromatic rings. The van der Waals surface area contributed by atoms with Gasteiger partial charge in [0.25, 0.3) is 0 Å². The molecule has 0 aromatic carbocycles. The Morgan fingerprint density at radius 2 is 2.21 bits per heavy atom. The number of alkyl halides is 2. The number of hydrogen-bond acceptors (Lipinski definition) is 7. The zero-order valence-electron chi connectivity index (χ0n) is 12.2. The van der Waals surface area contributed by atoms with Crippen molar-refractivity contribution in [2.24, 2.45) is 5.73 Å². The maximum Gasteiger partial charge on any atom is 0.504 e. The Labute approximate surface area is 134 Å². The molecule has 2 unspecified atom stereocenters. The van der Waals surface area contributed by atoms with Crippen LogP contribution in [0.1, 0.15) is 0 Å². The van der Waals surface area contributed by atoms with E-state index in [-0.39, 0.29) is 0 Å². The maximum atomic E-state index is 14.1. The minimum Gasteiger partial charge on any atom is -0.387 e. The molecule has 2 amide bonds. The van der Waals surface area contributed by atoms with Crippen LogP contribution in [0.25, 0.3) is 0 Å². The van der Waals surface area contributed by atoms with Crippen LogP contribution in [-0.4, -0.2) is 65.6 Å². The van der Waals surface area contributed by atoms with Gasteiger partial charge in [0.2, 0.25) is 5.60 Å². The number of rotatable bonds is 4. The molecule has 2 bridgehead atoms. The van der Waals surface area contributed by atoms with Crippen molar-refractivity contribution in [3.63, 3.8) is 0 Å². The predicted octanol–water partition coefficient (Wildman–Crippen LogP) is -0.0563. The third-order valence-corrected chi connectivity index (χ3v) is 4.48. The van der Waals surface area contributed by atoms with E-state index in [0.717, 1.165) is 6.66 Å². The standard InChI is InChI=1S/C11H13F3N3O6P/c1-24(20)21-3-10-6(18)5(22-11(10,13)14)8(23-10)17-2-4(12)7(15)16-9(17)19/h2,5-8,18H,3,15H2,1H3/p+1/t5-,6+,7?,8-,10-/m1/s1. The van der Waals surface area contributed by atoms with Crippen LogP contribution >= 0.6 is 8.03 Å². The van der Waals surface area contributed by atoms with E-state index in [0.29, 0.717) is 11.1 Å². The average molecular weight is 372 g/mol. The lowest BCUT2D eigenvalue weighted by atomic mass is 9.98. The fraction of sp³-hybridized carbons (Fsp3) is 0.727. The molecule has 134 valence electrons. The van der Waals surface area contributed by atoms with Gasteiger partial charge in [0.1, 0.15) is 25.0 Å². The molecule has 2 fully saturated rings. The zero-order valence-corrected chi connectivity index (χ0v) is 13.1. The van der Waals surface area contributed by atoms with E-state index < -0.39 is 62.8 Å². The van der Waals surface area contributed by atoms with Crippen molar-refractivity contribution in [2.75, 3.05) is 13.3 Å². The van der Waals surface area contributed by atoms with Crippen LogP contribution in [0.5, 0.6) is 0 Å². The monoisotopic (exact) mass is 372 g/mol. The molecule has 3 rings (SSSR count). The van der Waals surface area contributed by atoms with Crippen molar-refractivity contribution >= 4 is 14.1 Å². The summed E-state index contributed by atoms with van der Waals surface area (Å²) >= 11 is 0. The van der Waals surface area contributed by atoms with Crippen molar-refractivity contribution in [2.45, 2.75) is 36.3 Å². The van der Waals surface area contributed by atoms with E-state index in [2.05, 4.69) is 14.6 Å². The van der Waals surface area contributed by atoms with E-state index in [4.69, 9.17) is 10.5 Å². The molecule has 13 heteroatoms. The van der Waals surface area contributed by atoms with E-state index >= 15 is 0 Å². The minimum absolute atomic E-state index is 0.621. The van der Waals surface area contributed by atoms with Crippen LogP contribution in [0.4, 0.5) is 18.0 Å². The van der Waals surface area contributed by atoms with Gasteiger partial charge < -0.3 is 25.6 Å². The summed E-state index contributed by atoms with van der Waals surface area (Å²) in [4.78, 5) is 12.5. The molecular weight excluding hydrogens is 358 g/mol. The Kier molecular flexibility index (Phi) is 4.10. The Morgan fingerprint density at radius 3 is 2.83 bits per heavy atom. The molecule has 3 aliphatic rings. The zero-order chi connectivity index (χ0) is 17.9. The number of amides is 2. The van der Waals surface area contributed by atoms with Gasteiger partial charge in [-0.15, -0.1) is 4.52 Å². The van der Waals surface area contributed by atoms with E-state index in [1.165, 1.54) is 0 Å². The molecule has 6 atom stereocenters. The van der Waals surface area contributed by atoms with Gasteiger partial charge in [-0.25, -0.2) is 9.18 Å². The number of nitrogens with two attached hydrogens (primary N) is 1. The first-order chi connectivity index (χ1) is 11.1. The minimum atomic E-state index is -3.95. The number of halogens is 3. The Bertz CT molecular complexity index is 622. The van der Waals surface area contributed by atoms with Gasteiger partial charge in [0, 0.05) is 6.20 Å². The third kappa shape index (κ3) is 2.41. The summed E-state index contributed by atoms with van der Waals surface area (Å²) in [5.74, 6) is -0.941. The van der Waals surface area contributed by atoms with E-state index in [1.807, 2.05) is 0 Å². The van der Waals surface area contributed by atoms with Crippen molar-refractivity contribution < 1.29 is 41.6 Å². The SMILES string of the molecule is C[P+](=O)OC[C@]12O[C@@H](N3C=C(F)C(N)NC3=O)[C@H](OC1(F)F)[C@@H]2O. The lowest BCUT2D eigenvalue weighted by molar-refractivity contribution is -0.369. The van der Waals surface area contributed by atoms with E-state index in [1.54, 1.807) is 0 Å². The lowest BCUT2D eigenvalue weighted by Gasteiger charge is -2.39. The lowest BCUT2D eigenvalue weighted by Crippen LogP contribution is -2.61. The first-order valence-corrected chi connectivity index (χ1v) is 8.38. The molecule has 0 aliphatic carbocycles. The van der Waals surface area contributed by atoms with Gasteiger partial charge in [-0.3, -0.25) is 4.90 Å². The second-order valence-electron chi connectivity index (χ2n) is 5.50. The molecule has 24 heavy (non-hydrogen) atoms. The third-order valence-electron chi connectivity index (χ3n) is 3.99. The topological polar surface area (TPSA) is 123 Å². The summed E-state index contributed by atoms with van der Waals surface area (Å²) in [5, 5.41) is 12.2. The highest BCUT2D eigenvalue weighted by atomic mass is 31.1. The van der Waals surface area contributed by atoms with Crippen molar-refractivity contribution in [3.05, 3.63) is 12.0 Å². The number of ether oxygens (including phenoxy) is 2. The van der Waals surface area contributed by atoms with Gasteiger partial charge >= 0.3 is 20.2 Å². The molecular formula is C11H14F3N3O6P+. The van der Waals surface area contributed by atoms with Crippen LogP contribution in [0, 0.1) is 0 Å². The fourth-order valence-corrected chi connectivity index (χ4v) is 3.12. The van der Waals surface area contributed by atoms with Crippen LogP contribution in [-0.2, 0) is 18.6 Å². The normalized spacial score (nSPS) is 41.2. The first kappa shape index (κ1) is 17.5. The highest BCUT2D eigenvalue weighted by Crippen LogP contribution is 2.54. The summed E-state index contributed by atoms with van der Waals surface area (Å²) in [6.45, 7) is 0.189. The predicted molar refractivity (Wildman–Crippen MR) is 70.5 cm³/mol. The van der Waals surface area contributed by atoms with Crippen LogP contribution in [0.2, 0.25) is 0 Å². The first-order valence-electron chi connectivity index (χ1n) is 6.76. The number of hydrogen-bond donors (Lipinski definition) is 3. The van der Waals surface area contributed by atoms with Crippen molar-refractivity contribution in [1.82, 2.24) is 10.2 Å². The smallest absolute Gasteiger partial charge is 0.387 e. The van der Waals surface area contributed by atoms with Gasteiger partial charge in [-0.1, -0.05) is 0 Å². The van der Waals surface area contributed by atoms with Gasteiger partial charge in [-0.05, 0) is 4.57 Å². The Hall–Kier alpha value is -1.30. The van der Waals surface area contributed by atoms with E-state index in [9.17, 15) is 27.6 Å². The molecule has 0 spiro atoms. The highest BCUT2D eigenvalue weighted by molar-refractivity contribution is 7.38. The molecule has 4 N–H and O–H groups in total. The molecule has 0 aromatic heterocycles. The molecule has 0 radical (unpaired) electrons. The number of nitrogens with zero attached hydrogens (tertiary/aromatic N) is 1. The summed E-state index contributed by atoms with van der Waals surface area (Å²) in [6, 6.07) is -0.918. The van der Waals surface area contributed by atoms with Crippen LogP contribution in [0.3, 0.4) is 0 Å². The maximum absolute atomic E-state index is 14.1. The van der Waals surface area contributed by atoms with Gasteiger partial charge in [0.05, 0.1) is 0 Å². The van der Waals surface area contributed by atoms with Crippen molar-refractivity contribution in [1.29, 1.82) is 0 Å². The summed E-state index contributed by atoms with van der Waals surface area (Å²) < 4.78 is 67.1. The summed E-state index contributed by atoms with van der Waals surface area (Å²) in [5.41, 5.74) is 2.61. The number of fused-ring (bicyclic) bond motifs is 2.